The highest BCUT2D eigenvalue weighted by Crippen LogP contribution is 2.19. The number of esters is 1. The van der Waals surface area contributed by atoms with E-state index in [9.17, 15) is 9.18 Å². The lowest BCUT2D eigenvalue weighted by Crippen LogP contribution is -2.01. The van der Waals surface area contributed by atoms with Crippen molar-refractivity contribution in [1.82, 2.24) is 0 Å². The number of halogens is 1. The van der Waals surface area contributed by atoms with Crippen LogP contribution >= 0.6 is 0 Å². The quantitative estimate of drug-likeness (QED) is 0.591. The normalized spacial score (nSPS) is 9.50. The first-order valence-corrected chi connectivity index (χ1v) is 3.90. The van der Waals surface area contributed by atoms with E-state index < -0.39 is 17.5 Å². The molecule has 0 bridgehead atoms. The van der Waals surface area contributed by atoms with Gasteiger partial charge in [0.2, 0.25) is 0 Å². The summed E-state index contributed by atoms with van der Waals surface area (Å²) in [6.07, 6.45) is 0.987. The summed E-state index contributed by atoms with van der Waals surface area (Å²) in [7, 11) is 0. The fourth-order valence-electron chi connectivity index (χ4n) is 0.886. The van der Waals surface area contributed by atoms with Gasteiger partial charge in [0.25, 0.3) is 0 Å². The van der Waals surface area contributed by atoms with E-state index in [4.69, 9.17) is 5.11 Å². The molecule has 0 amide bonds. The molecule has 0 heterocycles. The molecule has 1 rings (SSSR count). The van der Waals surface area contributed by atoms with E-state index in [1.165, 1.54) is 18.2 Å². The molecule has 0 aliphatic carbocycles. The predicted molar refractivity (Wildman–Crippen MR) is 48.1 cm³/mol. The number of rotatable bonds is 3. The molecule has 0 unspecified atom stereocenters. The van der Waals surface area contributed by atoms with Crippen molar-refractivity contribution in [3.63, 3.8) is 0 Å². The Morgan fingerprint density at radius 3 is 3.00 bits per heavy atom. The van der Waals surface area contributed by atoms with Crippen LogP contribution in [0.4, 0.5) is 4.39 Å². The van der Waals surface area contributed by atoms with Gasteiger partial charge in [0.05, 0.1) is 0 Å². The van der Waals surface area contributed by atoms with Crippen LogP contribution in [0.25, 0.3) is 0 Å². The Hall–Kier alpha value is -1.84. The average Bonchev–Trinajstić information content (AvgIpc) is 2.20. The van der Waals surface area contributed by atoms with Crippen molar-refractivity contribution in [1.29, 1.82) is 0 Å². The minimum atomic E-state index is -0.774. The number of hydrogen-bond acceptors (Lipinski definition) is 3. The fraction of sp³-hybridized carbons (Fsp3) is 0.100. The second-order valence-corrected chi connectivity index (χ2v) is 2.56. The predicted octanol–water partition coefficient (Wildman–Crippen LogP) is 1.76. The maximum Gasteiger partial charge on any atom is 0.330 e. The van der Waals surface area contributed by atoms with Crippen molar-refractivity contribution >= 4 is 5.97 Å². The monoisotopic (exact) mass is 196 g/mol. The molecule has 14 heavy (non-hydrogen) atoms. The Balaban J connectivity index is 2.72. The summed E-state index contributed by atoms with van der Waals surface area (Å²) in [6.45, 7) is 2.98. The van der Waals surface area contributed by atoms with Gasteiger partial charge in [0, 0.05) is 11.6 Å². The highest BCUT2D eigenvalue weighted by atomic mass is 19.1. The zero-order valence-corrected chi connectivity index (χ0v) is 7.37. The Morgan fingerprint density at radius 1 is 1.64 bits per heavy atom. The number of phenolic OH excluding ortho intramolecular Hbond substituents is 1. The number of carbonyl (C=O) groups excluding carboxylic acids is 1. The van der Waals surface area contributed by atoms with Crippen molar-refractivity contribution in [2.75, 3.05) is 0 Å². The first-order chi connectivity index (χ1) is 6.65. The molecule has 4 heteroatoms. The highest BCUT2D eigenvalue weighted by Gasteiger charge is 2.07. The van der Waals surface area contributed by atoms with Gasteiger partial charge < -0.3 is 9.84 Å². The molecule has 0 radical (unpaired) electrons. The molecule has 74 valence electrons. The smallest absolute Gasteiger partial charge is 0.330 e. The summed E-state index contributed by atoms with van der Waals surface area (Å²) in [6, 6.07) is 4.11. The maximum atomic E-state index is 13.1. The topological polar surface area (TPSA) is 46.5 Å². The van der Waals surface area contributed by atoms with Gasteiger partial charge in [-0.3, -0.25) is 0 Å². The van der Waals surface area contributed by atoms with Gasteiger partial charge in [0.15, 0.2) is 11.6 Å². The number of hydrogen-bond donors (Lipinski definition) is 1. The van der Waals surface area contributed by atoms with Gasteiger partial charge in [-0.2, -0.15) is 0 Å². The van der Waals surface area contributed by atoms with E-state index in [1.807, 2.05) is 0 Å². The molecule has 1 N–H and O–H groups in total. The van der Waals surface area contributed by atoms with Crippen LogP contribution in [-0.4, -0.2) is 11.1 Å². The molecule has 0 saturated carbocycles. The van der Waals surface area contributed by atoms with E-state index in [2.05, 4.69) is 11.3 Å². The van der Waals surface area contributed by atoms with Crippen LogP contribution in [0.3, 0.4) is 0 Å². The molecule has 0 spiro atoms. The van der Waals surface area contributed by atoms with Crippen LogP contribution in [0.2, 0.25) is 0 Å². The van der Waals surface area contributed by atoms with Crippen molar-refractivity contribution in [2.45, 2.75) is 6.61 Å². The second-order valence-electron chi connectivity index (χ2n) is 2.56. The molecular weight excluding hydrogens is 187 g/mol. The third-order valence-corrected chi connectivity index (χ3v) is 1.59. The largest absolute Gasteiger partial charge is 0.505 e. The number of carbonyl (C=O) groups is 1. The lowest BCUT2D eigenvalue weighted by atomic mass is 10.2. The molecule has 3 nitrogen and oxygen atoms in total. The Morgan fingerprint density at radius 2 is 2.36 bits per heavy atom. The van der Waals surface area contributed by atoms with E-state index in [0.29, 0.717) is 0 Å². The van der Waals surface area contributed by atoms with E-state index in [0.717, 1.165) is 6.08 Å². The van der Waals surface area contributed by atoms with Gasteiger partial charge in [-0.15, -0.1) is 0 Å². The summed E-state index contributed by atoms with van der Waals surface area (Å²) in [5, 5.41) is 8.99. The standard InChI is InChI=1S/C10H9FO3/c1-2-9(13)14-6-7-4-3-5-8(12)10(7)11/h2-5,12H,1,6H2. The molecule has 0 atom stereocenters. The van der Waals surface area contributed by atoms with Gasteiger partial charge in [-0.25, -0.2) is 9.18 Å². The summed E-state index contributed by atoms with van der Waals surface area (Å²) in [5.41, 5.74) is 0.125. The minimum absolute atomic E-state index is 0.125. The fourth-order valence-corrected chi connectivity index (χ4v) is 0.886. The summed E-state index contributed by atoms with van der Waals surface area (Å²) in [4.78, 5) is 10.7. The van der Waals surface area contributed by atoms with Gasteiger partial charge >= 0.3 is 5.97 Å². The zero-order chi connectivity index (χ0) is 10.6. The third-order valence-electron chi connectivity index (χ3n) is 1.59. The van der Waals surface area contributed by atoms with E-state index in [1.54, 1.807) is 0 Å². The molecule has 0 fully saturated rings. The minimum Gasteiger partial charge on any atom is -0.505 e. The Labute approximate surface area is 80.4 Å². The van der Waals surface area contributed by atoms with Crippen LogP contribution in [0.15, 0.2) is 30.9 Å². The van der Waals surface area contributed by atoms with Crippen molar-refractivity contribution in [3.05, 3.63) is 42.2 Å². The Bertz CT molecular complexity index is 360. The molecule has 0 saturated heterocycles. The van der Waals surface area contributed by atoms with Crippen molar-refractivity contribution in [2.24, 2.45) is 0 Å². The Kier molecular flexibility index (Phi) is 3.23. The van der Waals surface area contributed by atoms with Crippen LogP contribution in [0, 0.1) is 5.82 Å². The van der Waals surface area contributed by atoms with Crippen LogP contribution < -0.4 is 0 Å². The van der Waals surface area contributed by atoms with Gasteiger partial charge in [-0.1, -0.05) is 18.7 Å². The molecule has 1 aromatic rings. The maximum absolute atomic E-state index is 13.1. The number of benzene rings is 1. The summed E-state index contributed by atoms with van der Waals surface area (Å²) < 4.78 is 17.7. The van der Waals surface area contributed by atoms with E-state index in [-0.39, 0.29) is 12.2 Å². The SMILES string of the molecule is C=CC(=O)OCc1cccc(O)c1F. The first kappa shape index (κ1) is 10.2. The molecule has 0 aliphatic heterocycles. The third kappa shape index (κ3) is 2.32. The molecule has 1 aromatic carbocycles. The van der Waals surface area contributed by atoms with Gasteiger partial charge in [-0.05, 0) is 6.07 Å². The lowest BCUT2D eigenvalue weighted by molar-refractivity contribution is -0.139. The summed E-state index contributed by atoms with van der Waals surface area (Å²) in [5.74, 6) is -1.87. The van der Waals surface area contributed by atoms with Crippen LogP contribution in [-0.2, 0) is 16.1 Å². The number of phenols is 1. The first-order valence-electron chi connectivity index (χ1n) is 3.90. The second kappa shape index (κ2) is 4.41. The number of aromatic hydroxyl groups is 1. The van der Waals surface area contributed by atoms with Gasteiger partial charge in [0.1, 0.15) is 6.61 Å². The van der Waals surface area contributed by atoms with Crippen molar-refractivity contribution in [3.8, 4) is 5.75 Å². The summed E-state index contributed by atoms with van der Waals surface area (Å²) >= 11 is 0. The molecular formula is C10H9FO3. The van der Waals surface area contributed by atoms with Crippen molar-refractivity contribution < 1.29 is 19.0 Å². The molecule has 0 aromatic heterocycles. The van der Waals surface area contributed by atoms with Crippen LogP contribution in [0.1, 0.15) is 5.56 Å². The zero-order valence-electron chi connectivity index (χ0n) is 7.37. The average molecular weight is 196 g/mol. The molecule has 0 aliphatic rings. The number of ether oxygens (including phenoxy) is 1. The highest BCUT2D eigenvalue weighted by molar-refractivity contribution is 5.81. The van der Waals surface area contributed by atoms with Crippen LogP contribution in [0.5, 0.6) is 5.75 Å². The van der Waals surface area contributed by atoms with E-state index >= 15 is 0 Å². The lowest BCUT2D eigenvalue weighted by Gasteiger charge is -2.04.